The van der Waals surface area contributed by atoms with Gasteiger partial charge in [0.2, 0.25) is 17.7 Å². The number of aliphatic hydroxyl groups is 1. The minimum absolute atomic E-state index is 0.00900. The number of amides is 3. The van der Waals surface area contributed by atoms with E-state index in [0.29, 0.717) is 0 Å². The zero-order valence-electron chi connectivity index (χ0n) is 22.6. The van der Waals surface area contributed by atoms with Crippen molar-refractivity contribution in [1.29, 1.82) is 0 Å². The Bertz CT molecular complexity index is 1200. The Morgan fingerprint density at radius 2 is 2.03 bits per heavy atom. The number of azide groups is 1. The molecule has 2 heterocycles. The van der Waals surface area contributed by atoms with Crippen LogP contribution < -0.4 is 10.6 Å². The smallest absolute Gasteiger partial charge is 0.246 e. The van der Waals surface area contributed by atoms with Crippen LogP contribution in [0, 0.1) is 12.3 Å². The van der Waals surface area contributed by atoms with Gasteiger partial charge in [-0.05, 0) is 29.0 Å². The SMILES string of the molecule is Cc1ncsc1-c1ccc(CNC(=O)[C@@H]2C[C@@H](O)CN2C(=O)C(NC(=O)COCCN=[N+]=[N-])C(C)(C)C)cc1. The van der Waals surface area contributed by atoms with Crippen LogP contribution in [-0.2, 0) is 25.7 Å². The van der Waals surface area contributed by atoms with E-state index in [9.17, 15) is 19.5 Å². The average Bonchev–Trinajstić information content (AvgIpc) is 3.50. The molecule has 3 amide bonds. The maximum absolute atomic E-state index is 13.6. The molecule has 1 aliphatic heterocycles. The number of aliphatic hydroxyl groups excluding tert-OH is 1. The van der Waals surface area contributed by atoms with Gasteiger partial charge in [-0.25, -0.2) is 4.98 Å². The number of aryl methyl sites for hydroxylation is 1. The number of carbonyl (C=O) groups excluding carboxylic acids is 3. The maximum atomic E-state index is 13.6. The van der Waals surface area contributed by atoms with Gasteiger partial charge >= 0.3 is 0 Å². The maximum Gasteiger partial charge on any atom is 0.246 e. The summed E-state index contributed by atoms with van der Waals surface area (Å²) in [6, 6.07) is 6.01. The molecule has 0 radical (unpaired) electrons. The summed E-state index contributed by atoms with van der Waals surface area (Å²) in [4.78, 5) is 48.5. The molecule has 0 aliphatic carbocycles. The van der Waals surface area contributed by atoms with E-state index in [-0.39, 0.29) is 45.2 Å². The quantitative estimate of drug-likeness (QED) is 0.166. The summed E-state index contributed by atoms with van der Waals surface area (Å²) < 4.78 is 5.19. The number of rotatable bonds is 11. The number of likely N-dealkylation sites (tertiary alicyclic amines) is 1. The Kier molecular flexibility index (Phi) is 10.4. The summed E-state index contributed by atoms with van der Waals surface area (Å²) in [6.07, 6.45) is -0.749. The van der Waals surface area contributed by atoms with Gasteiger partial charge in [0.1, 0.15) is 18.7 Å². The highest BCUT2D eigenvalue weighted by atomic mass is 32.1. The van der Waals surface area contributed by atoms with E-state index in [4.69, 9.17) is 10.3 Å². The Balaban J connectivity index is 1.62. The van der Waals surface area contributed by atoms with Crippen LogP contribution in [0.25, 0.3) is 20.9 Å². The van der Waals surface area contributed by atoms with Gasteiger partial charge in [-0.1, -0.05) is 50.2 Å². The molecule has 3 atom stereocenters. The van der Waals surface area contributed by atoms with Crippen molar-refractivity contribution in [1.82, 2.24) is 20.5 Å². The first-order valence-electron chi connectivity index (χ1n) is 12.6. The normalized spacial score (nSPS) is 17.8. The molecule has 0 spiro atoms. The lowest BCUT2D eigenvalue weighted by molar-refractivity contribution is -0.144. The Hall–Kier alpha value is -3.51. The summed E-state index contributed by atoms with van der Waals surface area (Å²) in [5.74, 6) is -1.34. The van der Waals surface area contributed by atoms with Gasteiger partial charge in [0.15, 0.2) is 0 Å². The van der Waals surface area contributed by atoms with Crippen molar-refractivity contribution in [2.24, 2.45) is 10.5 Å². The van der Waals surface area contributed by atoms with Gasteiger partial charge in [0, 0.05) is 31.0 Å². The summed E-state index contributed by atoms with van der Waals surface area (Å²) in [6.45, 7) is 7.47. The number of hydrogen-bond acceptors (Lipinski definition) is 8. The van der Waals surface area contributed by atoms with Gasteiger partial charge < -0.3 is 25.4 Å². The lowest BCUT2D eigenvalue weighted by Crippen LogP contribution is -2.58. The number of nitrogens with one attached hydrogen (secondary N) is 2. The standard InChI is InChI=1S/C26H35N7O5S/c1-16-22(39-15-29-16)18-7-5-17(6-8-18)12-28-24(36)20-11-19(34)13-33(20)25(37)23(26(2,3)4)31-21(35)14-38-10-9-30-32-27/h5-8,15,19-20,23,34H,9-14H2,1-4H3,(H,28,36)(H,31,35)/t19-,20+,23?/m1/s1. The largest absolute Gasteiger partial charge is 0.391 e. The zero-order valence-corrected chi connectivity index (χ0v) is 23.4. The van der Waals surface area contributed by atoms with E-state index in [1.54, 1.807) is 37.6 Å². The predicted molar refractivity (Wildman–Crippen MR) is 146 cm³/mol. The fourth-order valence-electron chi connectivity index (χ4n) is 4.30. The molecule has 0 bridgehead atoms. The Labute approximate surface area is 231 Å². The van der Waals surface area contributed by atoms with Gasteiger partial charge in [-0.3, -0.25) is 14.4 Å². The number of ether oxygens (including phenoxy) is 1. The molecular weight excluding hydrogens is 522 g/mol. The fourth-order valence-corrected chi connectivity index (χ4v) is 5.11. The summed E-state index contributed by atoms with van der Waals surface area (Å²) >= 11 is 1.57. The van der Waals surface area contributed by atoms with Crippen molar-refractivity contribution >= 4 is 29.1 Å². The van der Waals surface area contributed by atoms with Crippen molar-refractivity contribution in [3.63, 3.8) is 0 Å². The molecule has 1 unspecified atom stereocenters. The molecule has 3 rings (SSSR count). The highest BCUT2D eigenvalue weighted by molar-refractivity contribution is 7.13. The van der Waals surface area contributed by atoms with Crippen molar-refractivity contribution in [3.05, 3.63) is 51.5 Å². The third-order valence-corrected chi connectivity index (χ3v) is 7.32. The Morgan fingerprint density at radius 3 is 2.64 bits per heavy atom. The Morgan fingerprint density at radius 1 is 1.31 bits per heavy atom. The van der Waals surface area contributed by atoms with E-state index in [1.165, 1.54) is 4.90 Å². The summed E-state index contributed by atoms with van der Waals surface area (Å²) in [5, 5.41) is 19.2. The van der Waals surface area contributed by atoms with E-state index >= 15 is 0 Å². The number of hydrogen-bond donors (Lipinski definition) is 3. The number of carbonyl (C=O) groups is 3. The number of β-amino-alcohol motifs (C(OH)–C–C–N with tert-alkyl or cyclic N) is 1. The monoisotopic (exact) mass is 557 g/mol. The van der Waals surface area contributed by atoms with Crippen LogP contribution in [0.4, 0.5) is 0 Å². The minimum Gasteiger partial charge on any atom is -0.391 e. The highest BCUT2D eigenvalue weighted by Crippen LogP contribution is 2.28. The molecule has 13 heteroatoms. The summed E-state index contributed by atoms with van der Waals surface area (Å²) in [7, 11) is 0. The number of nitrogens with zero attached hydrogens (tertiary/aromatic N) is 5. The molecule has 3 N–H and O–H groups in total. The first-order chi connectivity index (χ1) is 18.5. The molecule has 1 aliphatic rings. The first-order valence-corrected chi connectivity index (χ1v) is 13.5. The number of benzene rings is 1. The molecule has 1 aromatic heterocycles. The second-order valence-electron chi connectivity index (χ2n) is 10.5. The zero-order chi connectivity index (χ0) is 28.6. The number of thiazole rings is 1. The van der Waals surface area contributed by atoms with E-state index in [2.05, 4.69) is 25.6 Å². The molecule has 39 heavy (non-hydrogen) atoms. The van der Waals surface area contributed by atoms with Crippen LogP contribution in [0.5, 0.6) is 0 Å². The van der Waals surface area contributed by atoms with Crippen molar-refractivity contribution < 1.29 is 24.2 Å². The molecule has 1 aromatic carbocycles. The fraction of sp³-hybridized carbons (Fsp3) is 0.538. The number of aromatic nitrogens is 1. The van der Waals surface area contributed by atoms with Crippen LogP contribution >= 0.6 is 11.3 Å². The van der Waals surface area contributed by atoms with Crippen molar-refractivity contribution in [2.75, 3.05) is 26.3 Å². The van der Waals surface area contributed by atoms with Crippen LogP contribution in [-0.4, -0.2) is 77.2 Å². The van der Waals surface area contributed by atoms with Crippen molar-refractivity contribution in [2.45, 2.75) is 58.8 Å². The predicted octanol–water partition coefficient (Wildman–Crippen LogP) is 2.55. The topological polar surface area (TPSA) is 170 Å². The van der Waals surface area contributed by atoms with Crippen molar-refractivity contribution in [3.8, 4) is 10.4 Å². The van der Waals surface area contributed by atoms with Gasteiger partial charge in [-0.15, -0.1) is 11.3 Å². The molecular formula is C26H35N7O5S. The second kappa shape index (κ2) is 13.5. The highest BCUT2D eigenvalue weighted by Gasteiger charge is 2.44. The molecule has 1 fully saturated rings. The second-order valence-corrected chi connectivity index (χ2v) is 11.3. The van der Waals surface area contributed by atoms with Gasteiger partial charge in [0.25, 0.3) is 0 Å². The van der Waals surface area contributed by atoms with Crippen LogP contribution in [0.15, 0.2) is 34.9 Å². The van der Waals surface area contributed by atoms with E-state index in [1.807, 2.05) is 31.2 Å². The van der Waals surface area contributed by atoms with E-state index in [0.717, 1.165) is 21.7 Å². The average molecular weight is 558 g/mol. The van der Waals surface area contributed by atoms with Crippen LogP contribution in [0.2, 0.25) is 0 Å². The lowest BCUT2D eigenvalue weighted by Gasteiger charge is -2.35. The van der Waals surface area contributed by atoms with E-state index < -0.39 is 35.4 Å². The summed E-state index contributed by atoms with van der Waals surface area (Å²) in [5.41, 5.74) is 12.3. The van der Waals surface area contributed by atoms with Crippen LogP contribution in [0.3, 0.4) is 0 Å². The third kappa shape index (κ3) is 8.24. The minimum atomic E-state index is -0.950. The van der Waals surface area contributed by atoms with Gasteiger partial charge in [0.05, 0.1) is 28.8 Å². The molecule has 12 nitrogen and oxygen atoms in total. The molecule has 210 valence electrons. The lowest BCUT2D eigenvalue weighted by atomic mass is 9.85. The molecule has 0 saturated carbocycles. The van der Waals surface area contributed by atoms with Crippen LogP contribution in [0.1, 0.15) is 38.4 Å². The molecule has 2 aromatic rings. The van der Waals surface area contributed by atoms with Gasteiger partial charge in [-0.2, -0.15) is 0 Å². The molecule has 1 saturated heterocycles. The first kappa shape index (κ1) is 30.0. The third-order valence-electron chi connectivity index (χ3n) is 6.34.